The van der Waals surface area contributed by atoms with E-state index in [2.05, 4.69) is 15.6 Å². The number of rotatable bonds is 6. The molecule has 0 aliphatic carbocycles. The van der Waals surface area contributed by atoms with E-state index in [1.165, 1.54) is 48.5 Å². The van der Waals surface area contributed by atoms with Crippen molar-refractivity contribution in [2.24, 2.45) is 10.2 Å². The van der Waals surface area contributed by atoms with Gasteiger partial charge in [-0.05, 0) is 48.5 Å². The van der Waals surface area contributed by atoms with E-state index in [9.17, 15) is 26.4 Å². The van der Waals surface area contributed by atoms with Gasteiger partial charge in [0, 0.05) is 0 Å². The number of carbonyl (C=O) groups is 2. The van der Waals surface area contributed by atoms with Crippen LogP contribution >= 0.6 is 0 Å². The standard InChI is InChI=1S/C16H12N4O7S2.3Na.3H/c21-9-27-15-14(18-17-10-1-5-12(6-2-10)28(23)24)16(22)20(19-15)11-3-7-13(8-4-11)29(25)26;;;;;;/h1-9,17,28-29H;;;;;;/b18-14+;;;;;;. The number of benzene rings is 2. The van der Waals surface area contributed by atoms with Gasteiger partial charge in [0.2, 0.25) is 5.71 Å². The summed E-state index contributed by atoms with van der Waals surface area (Å²) in [6, 6.07) is 10.9. The molecule has 1 aliphatic heterocycles. The molecule has 0 aromatic heterocycles. The van der Waals surface area contributed by atoms with Crippen molar-refractivity contribution < 1.29 is 31.2 Å². The Morgan fingerprint density at radius 1 is 0.875 bits per heavy atom. The molecule has 156 valence electrons. The summed E-state index contributed by atoms with van der Waals surface area (Å²) in [4.78, 5) is 23.5. The molecule has 11 nitrogen and oxygen atoms in total. The van der Waals surface area contributed by atoms with Crippen LogP contribution in [0.25, 0.3) is 0 Å². The second-order valence-corrected chi connectivity index (χ2v) is 7.45. The van der Waals surface area contributed by atoms with Gasteiger partial charge >= 0.3 is 94.6 Å². The average Bonchev–Trinajstić information content (AvgIpc) is 3.02. The van der Waals surface area contributed by atoms with Gasteiger partial charge in [-0.3, -0.25) is 15.0 Å². The zero-order chi connectivity index (χ0) is 21.0. The third-order valence-electron chi connectivity index (χ3n) is 3.63. The first kappa shape index (κ1) is 31.4. The minimum atomic E-state index is -2.77. The Bertz CT molecular complexity index is 1170. The first-order chi connectivity index (χ1) is 13.9. The molecule has 0 saturated carbocycles. The summed E-state index contributed by atoms with van der Waals surface area (Å²) in [6.07, 6.45) is 0. The normalized spacial score (nSPS) is 13.7. The average molecular weight is 508 g/mol. The van der Waals surface area contributed by atoms with E-state index < -0.39 is 27.3 Å². The van der Waals surface area contributed by atoms with Crippen molar-refractivity contribution in [2.75, 3.05) is 10.4 Å². The number of ether oxygens (including phenoxy) is 1. The Hall–Kier alpha value is -0.580. The second-order valence-electron chi connectivity index (χ2n) is 5.39. The Labute approximate surface area is 252 Å². The van der Waals surface area contributed by atoms with Gasteiger partial charge in [0.15, 0.2) is 21.4 Å². The van der Waals surface area contributed by atoms with Crippen LogP contribution in [-0.2, 0) is 35.7 Å². The molecule has 0 fully saturated rings. The molecule has 1 amide bonds. The van der Waals surface area contributed by atoms with E-state index in [0.29, 0.717) is 5.69 Å². The fourth-order valence-electron chi connectivity index (χ4n) is 2.26. The van der Waals surface area contributed by atoms with Gasteiger partial charge in [-0.1, -0.05) is 0 Å². The molecule has 32 heavy (non-hydrogen) atoms. The van der Waals surface area contributed by atoms with Gasteiger partial charge in [0.25, 0.3) is 12.4 Å². The van der Waals surface area contributed by atoms with Gasteiger partial charge in [-0.25, -0.2) is 16.8 Å². The zero-order valence-corrected chi connectivity index (χ0v) is 16.1. The van der Waals surface area contributed by atoms with Crippen molar-refractivity contribution >= 4 is 145 Å². The Kier molecular flexibility index (Phi) is 14.4. The van der Waals surface area contributed by atoms with Crippen LogP contribution in [0, 0.1) is 0 Å². The molecule has 0 bridgehead atoms. The van der Waals surface area contributed by atoms with Gasteiger partial charge in [0.05, 0.1) is 21.2 Å². The molecule has 1 aliphatic rings. The SMILES string of the molecule is O=COC1=NN(c2ccc([SH](=O)=O)cc2)C(=O)/C1=N/Nc1ccc([SH](=O)=O)cc1.[NaH].[NaH].[NaH]. The Morgan fingerprint density at radius 2 is 1.38 bits per heavy atom. The Morgan fingerprint density at radius 3 is 1.84 bits per heavy atom. The minimum absolute atomic E-state index is 0. The molecule has 0 saturated heterocycles. The number of hydrazone groups is 2. The molecule has 3 rings (SSSR count). The molecule has 0 radical (unpaired) electrons. The number of amides is 1. The third kappa shape index (κ3) is 7.74. The van der Waals surface area contributed by atoms with Crippen LogP contribution in [0.5, 0.6) is 0 Å². The molecule has 1 N–H and O–H groups in total. The van der Waals surface area contributed by atoms with Crippen molar-refractivity contribution in [2.45, 2.75) is 9.79 Å². The molecule has 1 heterocycles. The quantitative estimate of drug-likeness (QED) is 0.175. The van der Waals surface area contributed by atoms with Gasteiger partial charge in [-0.15, -0.1) is 5.10 Å². The monoisotopic (exact) mass is 508 g/mol. The summed E-state index contributed by atoms with van der Waals surface area (Å²) in [6.45, 7) is 0.0793. The fourth-order valence-corrected chi connectivity index (χ4v) is 3.05. The maximum absolute atomic E-state index is 12.6. The molecule has 2 aromatic rings. The summed E-state index contributed by atoms with van der Waals surface area (Å²) in [5.41, 5.74) is 2.85. The van der Waals surface area contributed by atoms with E-state index in [1.807, 2.05) is 0 Å². The van der Waals surface area contributed by atoms with Gasteiger partial charge in [0.1, 0.15) is 0 Å². The van der Waals surface area contributed by atoms with Crippen molar-refractivity contribution in [1.82, 2.24) is 0 Å². The third-order valence-corrected chi connectivity index (χ3v) is 5.07. The summed E-state index contributed by atoms with van der Waals surface area (Å²) >= 11 is 0. The molecule has 2 aromatic carbocycles. The second kappa shape index (κ2) is 14.6. The van der Waals surface area contributed by atoms with Gasteiger partial charge < -0.3 is 4.74 Å². The number of nitrogens with one attached hydrogen (secondary N) is 1. The first-order valence-electron chi connectivity index (χ1n) is 7.77. The van der Waals surface area contributed by atoms with Crippen LogP contribution in [0.15, 0.2) is 68.5 Å². The van der Waals surface area contributed by atoms with E-state index in [1.54, 1.807) is 0 Å². The van der Waals surface area contributed by atoms with Crippen LogP contribution in [0.1, 0.15) is 0 Å². The van der Waals surface area contributed by atoms with E-state index in [4.69, 9.17) is 4.74 Å². The summed E-state index contributed by atoms with van der Waals surface area (Å²) in [7, 11) is -5.50. The van der Waals surface area contributed by atoms with E-state index in [-0.39, 0.29) is 122 Å². The van der Waals surface area contributed by atoms with Crippen molar-refractivity contribution in [3.63, 3.8) is 0 Å². The Balaban J connectivity index is 0.00000320. The van der Waals surface area contributed by atoms with E-state index in [0.717, 1.165) is 5.01 Å². The first-order valence-corrected chi connectivity index (χ1v) is 10.1. The topological polar surface area (TPSA) is 152 Å². The summed E-state index contributed by atoms with van der Waals surface area (Å²) in [5.74, 6) is -1.09. The van der Waals surface area contributed by atoms with Gasteiger partial charge in [-0.2, -0.15) is 10.1 Å². The number of nitrogens with zero attached hydrogens (tertiary/aromatic N) is 3. The van der Waals surface area contributed by atoms with Crippen LogP contribution in [0.2, 0.25) is 0 Å². The molecule has 0 unspecified atom stereocenters. The van der Waals surface area contributed by atoms with Crippen LogP contribution in [0.3, 0.4) is 0 Å². The number of thiol groups is 2. The van der Waals surface area contributed by atoms with Crippen LogP contribution < -0.4 is 10.4 Å². The zero-order valence-electron chi connectivity index (χ0n) is 14.3. The number of anilines is 2. The molecular formula is C16H15N4Na3O7S2. The van der Waals surface area contributed by atoms with Crippen molar-refractivity contribution in [1.29, 1.82) is 0 Å². The predicted octanol–water partition coefficient (Wildman–Crippen LogP) is -2.02. The van der Waals surface area contributed by atoms with Crippen molar-refractivity contribution in [3.05, 3.63) is 48.5 Å². The predicted molar refractivity (Wildman–Crippen MR) is 125 cm³/mol. The molecular weight excluding hydrogens is 493 g/mol. The molecule has 16 heteroatoms. The number of hydrogen-bond acceptors (Lipinski definition) is 10. The van der Waals surface area contributed by atoms with Crippen LogP contribution in [-0.4, -0.2) is 129 Å². The molecule has 0 spiro atoms. The van der Waals surface area contributed by atoms with E-state index >= 15 is 0 Å². The fraction of sp³-hybridized carbons (Fsp3) is 0. The number of carbonyl (C=O) groups excluding carboxylic acids is 2. The number of hydrogen-bond donors (Lipinski definition) is 3. The van der Waals surface area contributed by atoms with Crippen LogP contribution in [0.4, 0.5) is 11.4 Å². The summed E-state index contributed by atoms with van der Waals surface area (Å²) < 4.78 is 48.5. The summed E-state index contributed by atoms with van der Waals surface area (Å²) in [5, 5.41) is 8.66. The van der Waals surface area contributed by atoms with Crippen molar-refractivity contribution in [3.8, 4) is 0 Å². The maximum atomic E-state index is 12.6. The molecule has 0 atom stereocenters.